The molecule has 1 unspecified atom stereocenters. The van der Waals surface area contributed by atoms with E-state index >= 15 is 0 Å². The fraction of sp³-hybridized carbons (Fsp3) is 0.385. The van der Waals surface area contributed by atoms with Gasteiger partial charge in [0, 0.05) is 26.1 Å². The number of nitrogens with zero attached hydrogens (tertiary/aromatic N) is 1. The Labute approximate surface area is 90.5 Å². The number of hydrogen-bond donors (Lipinski definition) is 1. The molecule has 1 aliphatic heterocycles. The van der Waals surface area contributed by atoms with E-state index in [1.54, 1.807) is 0 Å². The van der Waals surface area contributed by atoms with Crippen LogP contribution in [-0.2, 0) is 6.54 Å². The lowest BCUT2D eigenvalue weighted by Gasteiger charge is -2.17. The molecule has 0 aliphatic carbocycles. The smallest absolute Gasteiger partial charge is 0.139 e. The van der Waals surface area contributed by atoms with Crippen molar-refractivity contribution in [2.24, 2.45) is 0 Å². The van der Waals surface area contributed by atoms with Crippen molar-refractivity contribution in [3.63, 3.8) is 0 Å². The first kappa shape index (κ1) is 10.2. The first-order valence-corrected chi connectivity index (χ1v) is 5.18. The molecule has 1 atom stereocenters. The Morgan fingerprint density at radius 2 is 2.13 bits per heavy atom. The van der Waals surface area contributed by atoms with Crippen LogP contribution in [0, 0.1) is 12.3 Å². The van der Waals surface area contributed by atoms with Gasteiger partial charge in [0.1, 0.15) is 5.60 Å². The predicted molar refractivity (Wildman–Crippen MR) is 60.1 cm³/mol. The fourth-order valence-corrected chi connectivity index (χ4v) is 1.97. The Kier molecular flexibility index (Phi) is 2.77. The Morgan fingerprint density at radius 3 is 2.73 bits per heavy atom. The van der Waals surface area contributed by atoms with Crippen LogP contribution in [0.3, 0.4) is 0 Å². The van der Waals surface area contributed by atoms with Crippen LogP contribution in [0.2, 0.25) is 0 Å². The molecule has 0 saturated carbocycles. The largest absolute Gasteiger partial charge is 0.376 e. The molecule has 1 N–H and O–H groups in total. The Hall–Kier alpha value is -1.30. The molecule has 0 spiro atoms. The van der Waals surface area contributed by atoms with Crippen LogP contribution in [0.4, 0.5) is 0 Å². The summed E-state index contributed by atoms with van der Waals surface area (Å²) < 4.78 is 0. The van der Waals surface area contributed by atoms with Gasteiger partial charge in [0.15, 0.2) is 0 Å². The lowest BCUT2D eigenvalue weighted by atomic mass is 10.1. The van der Waals surface area contributed by atoms with Gasteiger partial charge < -0.3 is 5.11 Å². The lowest BCUT2D eigenvalue weighted by molar-refractivity contribution is 0.107. The molecule has 2 heteroatoms. The summed E-state index contributed by atoms with van der Waals surface area (Å²) in [4.78, 5) is 2.19. The predicted octanol–water partition coefficient (Wildman–Crippen LogP) is 1.26. The summed E-state index contributed by atoms with van der Waals surface area (Å²) in [7, 11) is 0. The number of β-amino-alcohol motifs (C(OH)–C–C–N with tert-alkyl or cyclic N) is 1. The average Bonchev–Trinajstić information content (AvgIpc) is 2.63. The second kappa shape index (κ2) is 4.06. The van der Waals surface area contributed by atoms with Gasteiger partial charge in [0.25, 0.3) is 0 Å². The van der Waals surface area contributed by atoms with Crippen molar-refractivity contribution in [3.8, 4) is 12.3 Å². The Balaban J connectivity index is 1.97. The molecular weight excluding hydrogens is 186 g/mol. The first-order chi connectivity index (χ1) is 7.22. The van der Waals surface area contributed by atoms with E-state index in [4.69, 9.17) is 6.42 Å². The van der Waals surface area contributed by atoms with Gasteiger partial charge in [-0.1, -0.05) is 36.3 Å². The maximum Gasteiger partial charge on any atom is 0.139 e. The molecule has 2 nitrogen and oxygen atoms in total. The second-order valence-corrected chi connectivity index (χ2v) is 4.12. The maximum absolute atomic E-state index is 9.87. The van der Waals surface area contributed by atoms with E-state index in [0.717, 1.165) is 13.1 Å². The van der Waals surface area contributed by atoms with Crippen LogP contribution in [-0.4, -0.2) is 28.7 Å². The molecule has 1 aliphatic rings. The van der Waals surface area contributed by atoms with Gasteiger partial charge in [-0.3, -0.25) is 4.90 Å². The van der Waals surface area contributed by atoms with E-state index < -0.39 is 5.60 Å². The highest BCUT2D eigenvalue weighted by Crippen LogP contribution is 2.21. The third-order valence-corrected chi connectivity index (χ3v) is 2.84. The van der Waals surface area contributed by atoms with Gasteiger partial charge in [0.2, 0.25) is 0 Å². The third kappa shape index (κ3) is 2.38. The Bertz CT molecular complexity index is 368. The van der Waals surface area contributed by atoms with Crippen LogP contribution in [0.15, 0.2) is 30.3 Å². The minimum absolute atomic E-state index is 0.582. The molecule has 1 aromatic carbocycles. The summed E-state index contributed by atoms with van der Waals surface area (Å²) >= 11 is 0. The molecule has 0 aromatic heterocycles. The van der Waals surface area contributed by atoms with E-state index in [2.05, 4.69) is 23.0 Å². The molecule has 0 radical (unpaired) electrons. The molecule has 0 bridgehead atoms. The zero-order valence-electron chi connectivity index (χ0n) is 8.69. The monoisotopic (exact) mass is 201 g/mol. The summed E-state index contributed by atoms with van der Waals surface area (Å²) in [5, 5.41) is 9.87. The molecule has 0 amide bonds. The molecule has 1 aromatic rings. The fourth-order valence-electron chi connectivity index (χ4n) is 1.97. The zero-order valence-corrected chi connectivity index (χ0v) is 8.69. The van der Waals surface area contributed by atoms with Gasteiger partial charge in [-0.25, -0.2) is 0 Å². The number of hydrogen-bond acceptors (Lipinski definition) is 2. The standard InChI is InChI=1S/C13H15NO/c1-2-13(15)8-9-14(11-13)10-12-6-4-3-5-7-12/h1,3-7,15H,8-11H2. The zero-order chi connectivity index (χ0) is 10.7. The third-order valence-electron chi connectivity index (χ3n) is 2.84. The summed E-state index contributed by atoms with van der Waals surface area (Å²) in [6.45, 7) is 2.32. The van der Waals surface area contributed by atoms with Crippen molar-refractivity contribution < 1.29 is 5.11 Å². The number of aliphatic hydroxyl groups is 1. The van der Waals surface area contributed by atoms with E-state index in [9.17, 15) is 5.11 Å². The van der Waals surface area contributed by atoms with E-state index in [1.165, 1.54) is 5.56 Å². The summed E-state index contributed by atoms with van der Waals surface area (Å²) in [6, 6.07) is 10.2. The van der Waals surface area contributed by atoms with Gasteiger partial charge in [-0.2, -0.15) is 0 Å². The molecule has 1 fully saturated rings. The van der Waals surface area contributed by atoms with Crippen LogP contribution < -0.4 is 0 Å². The topological polar surface area (TPSA) is 23.5 Å². The van der Waals surface area contributed by atoms with Crippen molar-refractivity contribution in [1.29, 1.82) is 0 Å². The van der Waals surface area contributed by atoms with Crippen LogP contribution in [0.25, 0.3) is 0 Å². The second-order valence-electron chi connectivity index (χ2n) is 4.12. The summed E-state index contributed by atoms with van der Waals surface area (Å²) in [5.74, 6) is 2.47. The highest BCUT2D eigenvalue weighted by atomic mass is 16.3. The van der Waals surface area contributed by atoms with E-state index in [1.807, 2.05) is 18.2 Å². The van der Waals surface area contributed by atoms with Crippen molar-refractivity contribution in [2.75, 3.05) is 13.1 Å². The molecule has 2 rings (SSSR count). The number of likely N-dealkylation sites (tertiary alicyclic amines) is 1. The average molecular weight is 201 g/mol. The van der Waals surface area contributed by atoms with Crippen LogP contribution in [0.5, 0.6) is 0 Å². The van der Waals surface area contributed by atoms with E-state index in [-0.39, 0.29) is 0 Å². The molecule has 1 heterocycles. The molecular formula is C13H15NO. The van der Waals surface area contributed by atoms with Crippen LogP contribution in [0.1, 0.15) is 12.0 Å². The van der Waals surface area contributed by atoms with Crippen LogP contribution >= 0.6 is 0 Å². The van der Waals surface area contributed by atoms with Crippen molar-refractivity contribution in [1.82, 2.24) is 4.90 Å². The highest BCUT2D eigenvalue weighted by molar-refractivity contribution is 5.17. The number of terminal acetylenes is 1. The van der Waals surface area contributed by atoms with Gasteiger partial charge in [-0.05, 0) is 5.56 Å². The quantitative estimate of drug-likeness (QED) is 0.728. The van der Waals surface area contributed by atoms with Crippen molar-refractivity contribution >= 4 is 0 Å². The van der Waals surface area contributed by atoms with Crippen molar-refractivity contribution in [3.05, 3.63) is 35.9 Å². The van der Waals surface area contributed by atoms with Gasteiger partial charge in [-0.15, -0.1) is 6.42 Å². The molecule has 78 valence electrons. The molecule has 15 heavy (non-hydrogen) atoms. The molecule has 1 saturated heterocycles. The van der Waals surface area contributed by atoms with Gasteiger partial charge in [0.05, 0.1) is 0 Å². The van der Waals surface area contributed by atoms with Gasteiger partial charge >= 0.3 is 0 Å². The first-order valence-electron chi connectivity index (χ1n) is 5.18. The number of benzene rings is 1. The summed E-state index contributed by atoms with van der Waals surface area (Å²) in [5.41, 5.74) is 0.355. The minimum Gasteiger partial charge on any atom is -0.376 e. The Morgan fingerprint density at radius 1 is 1.40 bits per heavy atom. The SMILES string of the molecule is C#CC1(O)CCN(Cc2ccccc2)C1. The highest BCUT2D eigenvalue weighted by Gasteiger charge is 2.33. The number of rotatable bonds is 2. The lowest BCUT2D eigenvalue weighted by Crippen LogP contribution is -2.31. The minimum atomic E-state index is -0.908. The van der Waals surface area contributed by atoms with E-state index in [0.29, 0.717) is 13.0 Å². The maximum atomic E-state index is 9.87. The van der Waals surface area contributed by atoms with Crippen molar-refractivity contribution in [2.45, 2.75) is 18.6 Å². The summed E-state index contributed by atoms with van der Waals surface area (Å²) in [6.07, 6.45) is 5.97. The normalized spacial score (nSPS) is 26.4.